The molecule has 0 aliphatic rings. The van der Waals surface area contributed by atoms with Gasteiger partial charge in [-0.15, -0.1) is 0 Å². The van der Waals surface area contributed by atoms with E-state index in [2.05, 4.69) is 9.97 Å². The molecule has 2 N–H and O–H groups in total. The molecule has 1 heterocycles. The number of alkyl halides is 3. The van der Waals surface area contributed by atoms with E-state index in [1.807, 2.05) is 26.0 Å². The number of halogens is 3. The molecule has 0 amide bonds. The fourth-order valence-electron chi connectivity index (χ4n) is 2.66. The fourth-order valence-corrected chi connectivity index (χ4v) is 2.66. The van der Waals surface area contributed by atoms with E-state index in [0.29, 0.717) is 11.6 Å². The summed E-state index contributed by atoms with van der Waals surface area (Å²) < 4.78 is 50.8. The van der Waals surface area contributed by atoms with Crippen LogP contribution < -0.4 is 15.2 Å². The number of nitrogens with two attached hydrogens (primary N) is 1. The monoisotopic (exact) mass is 403 g/mol. The first kappa shape index (κ1) is 20.4. The summed E-state index contributed by atoms with van der Waals surface area (Å²) in [7, 11) is 0. The Morgan fingerprint density at radius 3 is 1.79 bits per heavy atom. The molecule has 0 spiro atoms. The summed E-state index contributed by atoms with van der Waals surface area (Å²) in [5, 5.41) is 0. The molecule has 8 heteroatoms. The van der Waals surface area contributed by atoms with E-state index < -0.39 is 11.7 Å². The molecule has 3 rings (SSSR count). The molecule has 0 saturated heterocycles. The first-order valence-corrected chi connectivity index (χ1v) is 8.79. The second-order valence-corrected chi connectivity index (χ2v) is 6.72. The molecule has 0 fully saturated rings. The number of aromatic nitrogens is 2. The lowest BCUT2D eigenvalue weighted by molar-refractivity contribution is -0.138. The van der Waals surface area contributed by atoms with Crippen LogP contribution in [0.2, 0.25) is 0 Å². The molecule has 0 saturated carbocycles. The maximum Gasteiger partial charge on any atom is 0.416 e. The number of ether oxygens (including phenoxy) is 2. The quantitative estimate of drug-likeness (QED) is 0.588. The average molecular weight is 403 g/mol. The van der Waals surface area contributed by atoms with Gasteiger partial charge >= 0.3 is 6.18 Å². The van der Waals surface area contributed by atoms with Gasteiger partial charge in [-0.05, 0) is 68.7 Å². The van der Waals surface area contributed by atoms with Crippen LogP contribution in [0.4, 0.5) is 18.9 Å². The third kappa shape index (κ3) is 4.59. The molecule has 3 aromatic rings. The summed E-state index contributed by atoms with van der Waals surface area (Å²) in [4.78, 5) is 8.27. The van der Waals surface area contributed by atoms with Gasteiger partial charge in [-0.2, -0.15) is 23.1 Å². The molecule has 0 aliphatic carbocycles. The van der Waals surface area contributed by atoms with E-state index in [1.165, 1.54) is 19.1 Å². The highest BCUT2D eigenvalue weighted by Crippen LogP contribution is 2.38. The maximum atomic E-state index is 13.2. The van der Waals surface area contributed by atoms with Crippen molar-refractivity contribution in [1.82, 2.24) is 9.97 Å². The highest BCUT2D eigenvalue weighted by molar-refractivity contribution is 5.58. The number of hydrogen-bond donors (Lipinski definition) is 1. The predicted octanol–water partition coefficient (Wildman–Crippen LogP) is 5.90. The number of nitrogens with zero attached hydrogens (tertiary/aromatic N) is 2. The molecule has 29 heavy (non-hydrogen) atoms. The van der Waals surface area contributed by atoms with Gasteiger partial charge in [0, 0.05) is 0 Å². The Bertz CT molecular complexity index is 1070. The Morgan fingerprint density at radius 2 is 1.28 bits per heavy atom. The van der Waals surface area contributed by atoms with Gasteiger partial charge in [0.1, 0.15) is 17.3 Å². The number of nitrogen functional groups attached to an aromatic ring is 1. The van der Waals surface area contributed by atoms with E-state index in [4.69, 9.17) is 15.2 Å². The summed E-state index contributed by atoms with van der Waals surface area (Å²) in [6.07, 6.45) is -4.49. The molecular weight excluding hydrogens is 383 g/mol. The van der Waals surface area contributed by atoms with E-state index in [0.717, 1.165) is 17.2 Å². The van der Waals surface area contributed by atoms with Crippen LogP contribution in [0.15, 0.2) is 36.4 Å². The number of anilines is 1. The zero-order valence-electron chi connectivity index (χ0n) is 16.4. The van der Waals surface area contributed by atoms with Gasteiger partial charge in [0.05, 0.1) is 5.56 Å². The van der Waals surface area contributed by atoms with Gasteiger partial charge in [-0.1, -0.05) is 12.1 Å². The van der Waals surface area contributed by atoms with Gasteiger partial charge in [0.25, 0.3) is 0 Å². The molecule has 2 aromatic carbocycles. The number of rotatable bonds is 4. The molecule has 0 bridgehead atoms. The molecule has 0 radical (unpaired) electrons. The Morgan fingerprint density at radius 1 is 0.759 bits per heavy atom. The topological polar surface area (TPSA) is 70.3 Å². The van der Waals surface area contributed by atoms with Crippen LogP contribution in [-0.4, -0.2) is 9.97 Å². The molecule has 152 valence electrons. The van der Waals surface area contributed by atoms with Crippen molar-refractivity contribution in [3.63, 3.8) is 0 Å². The van der Waals surface area contributed by atoms with Gasteiger partial charge in [-0.25, -0.2) is 0 Å². The normalized spacial score (nSPS) is 11.4. The zero-order chi connectivity index (χ0) is 21.3. The van der Waals surface area contributed by atoms with Crippen molar-refractivity contribution in [1.29, 1.82) is 0 Å². The minimum atomic E-state index is -4.49. The Balaban J connectivity index is 1.94. The molecule has 0 aliphatic heterocycles. The fraction of sp³-hybridized carbons (Fsp3) is 0.238. The van der Waals surface area contributed by atoms with E-state index in [1.54, 1.807) is 13.0 Å². The smallest absolute Gasteiger partial charge is 0.416 e. The second kappa shape index (κ2) is 7.62. The molecular formula is C21H20F3N3O2. The van der Waals surface area contributed by atoms with Crippen molar-refractivity contribution in [2.45, 2.75) is 33.9 Å². The van der Waals surface area contributed by atoms with Crippen molar-refractivity contribution < 1.29 is 22.6 Å². The third-order valence-electron chi connectivity index (χ3n) is 4.41. The second-order valence-electron chi connectivity index (χ2n) is 6.72. The van der Waals surface area contributed by atoms with Crippen molar-refractivity contribution in [3.8, 4) is 23.3 Å². The SMILES string of the molecule is Cc1nc(Oc2ccc(C)c(C)c2)c(N)c(Oc2ccc(C)c(C(F)(F)F)c2)n1. The van der Waals surface area contributed by atoms with E-state index >= 15 is 0 Å². The van der Waals surface area contributed by atoms with Gasteiger partial charge in [-0.3, -0.25) is 0 Å². The lowest BCUT2D eigenvalue weighted by atomic mass is 10.1. The summed E-state index contributed by atoms with van der Waals surface area (Å²) in [6, 6.07) is 9.17. The highest BCUT2D eigenvalue weighted by Gasteiger charge is 2.32. The largest absolute Gasteiger partial charge is 0.437 e. The summed E-state index contributed by atoms with van der Waals surface area (Å²) >= 11 is 0. The average Bonchev–Trinajstić information content (AvgIpc) is 2.62. The minimum absolute atomic E-state index is 0.0111. The molecule has 0 unspecified atom stereocenters. The van der Waals surface area contributed by atoms with Crippen molar-refractivity contribution in [2.24, 2.45) is 0 Å². The molecule has 1 aromatic heterocycles. The van der Waals surface area contributed by atoms with Crippen LogP contribution >= 0.6 is 0 Å². The van der Waals surface area contributed by atoms with Crippen LogP contribution in [-0.2, 0) is 6.18 Å². The summed E-state index contributed by atoms with van der Waals surface area (Å²) in [5.74, 6) is 0.784. The van der Waals surface area contributed by atoms with Crippen molar-refractivity contribution >= 4 is 5.69 Å². The van der Waals surface area contributed by atoms with E-state index in [-0.39, 0.29) is 28.8 Å². The zero-order valence-corrected chi connectivity index (χ0v) is 16.4. The Hall–Kier alpha value is -3.29. The number of hydrogen-bond acceptors (Lipinski definition) is 5. The lowest BCUT2D eigenvalue weighted by Crippen LogP contribution is -2.08. The van der Waals surface area contributed by atoms with Crippen LogP contribution in [0.25, 0.3) is 0 Å². The first-order valence-electron chi connectivity index (χ1n) is 8.79. The van der Waals surface area contributed by atoms with Crippen LogP contribution in [0.1, 0.15) is 28.1 Å². The van der Waals surface area contributed by atoms with E-state index in [9.17, 15) is 13.2 Å². The Kier molecular flexibility index (Phi) is 5.37. The van der Waals surface area contributed by atoms with Crippen LogP contribution in [0.5, 0.6) is 23.3 Å². The van der Waals surface area contributed by atoms with Crippen LogP contribution in [0.3, 0.4) is 0 Å². The summed E-state index contributed by atoms with van der Waals surface area (Å²) in [6.45, 7) is 6.91. The van der Waals surface area contributed by atoms with Gasteiger partial charge in [0.15, 0.2) is 5.69 Å². The lowest BCUT2D eigenvalue weighted by Gasteiger charge is -2.15. The predicted molar refractivity (Wildman–Crippen MR) is 103 cm³/mol. The third-order valence-corrected chi connectivity index (χ3v) is 4.41. The Labute approximate surface area is 166 Å². The highest BCUT2D eigenvalue weighted by atomic mass is 19.4. The van der Waals surface area contributed by atoms with Gasteiger partial charge in [0.2, 0.25) is 11.8 Å². The number of benzene rings is 2. The van der Waals surface area contributed by atoms with Gasteiger partial charge < -0.3 is 15.2 Å². The van der Waals surface area contributed by atoms with Crippen molar-refractivity contribution in [2.75, 3.05) is 5.73 Å². The molecule has 5 nitrogen and oxygen atoms in total. The standard InChI is InChI=1S/C21H20F3N3O2/c1-11-5-7-15(9-13(11)3)28-19-18(25)20(27-14(4)26-19)29-16-8-6-12(2)17(10-16)21(22,23)24/h5-10H,25H2,1-4H3. The minimum Gasteiger partial charge on any atom is -0.437 e. The van der Waals surface area contributed by atoms with Crippen molar-refractivity contribution in [3.05, 3.63) is 64.5 Å². The first-order chi connectivity index (χ1) is 13.5. The maximum absolute atomic E-state index is 13.2. The number of aryl methyl sites for hydroxylation is 4. The van der Waals surface area contributed by atoms with Crippen LogP contribution in [0, 0.1) is 27.7 Å². The molecule has 0 atom stereocenters. The summed E-state index contributed by atoms with van der Waals surface area (Å²) in [5.41, 5.74) is 7.50.